The Balaban J connectivity index is 1.26. The maximum atomic E-state index is 14.9. The second kappa shape index (κ2) is 9.83. The number of benzene rings is 1. The predicted molar refractivity (Wildman–Crippen MR) is 129 cm³/mol. The first-order chi connectivity index (χ1) is 16.9. The SMILES string of the molecule is C[C@@H](Oc1ccc(C(=O)C2CC2)nc1)c1cc(-c2ccc(C(=O)N3CCC[C@@H]3CO)c(F)c2)ns1. The van der Waals surface area contributed by atoms with Crippen molar-refractivity contribution >= 4 is 23.2 Å². The molecule has 1 saturated heterocycles. The van der Waals surface area contributed by atoms with Crippen molar-refractivity contribution in [3.8, 4) is 17.0 Å². The normalized spacial score (nSPS) is 18.5. The molecule has 2 aromatic heterocycles. The fourth-order valence-corrected chi connectivity index (χ4v) is 5.05. The van der Waals surface area contributed by atoms with Crippen molar-refractivity contribution in [3.63, 3.8) is 0 Å². The molecule has 0 bridgehead atoms. The number of hydrogen-bond acceptors (Lipinski definition) is 7. The van der Waals surface area contributed by atoms with E-state index in [0.717, 1.165) is 30.6 Å². The Hall–Kier alpha value is -3.17. The molecule has 1 aromatic carbocycles. The molecule has 0 spiro atoms. The number of carbonyl (C=O) groups excluding carboxylic acids is 2. The molecule has 9 heteroatoms. The van der Waals surface area contributed by atoms with Crippen LogP contribution in [0.5, 0.6) is 5.75 Å². The smallest absolute Gasteiger partial charge is 0.257 e. The second-order valence-corrected chi connectivity index (χ2v) is 9.90. The Labute approximate surface area is 206 Å². The Kier molecular flexibility index (Phi) is 6.62. The quantitative estimate of drug-likeness (QED) is 0.457. The largest absolute Gasteiger partial charge is 0.484 e. The van der Waals surface area contributed by atoms with Crippen LogP contribution in [-0.4, -0.2) is 50.2 Å². The lowest BCUT2D eigenvalue weighted by atomic mass is 10.1. The first-order valence-corrected chi connectivity index (χ1v) is 12.6. The van der Waals surface area contributed by atoms with Gasteiger partial charge in [0.2, 0.25) is 0 Å². The standard InChI is InChI=1S/C26H26FN3O4S/c1-15(34-19-7-9-22(28-13-19)25(32)16-4-5-16)24-12-23(29-35-24)17-6-8-20(21(27)11-17)26(33)30-10-2-3-18(30)14-31/h6-9,11-13,15-16,18,31H,2-5,10,14H2,1H3/t15-,18-/m1/s1. The highest BCUT2D eigenvalue weighted by molar-refractivity contribution is 7.06. The lowest BCUT2D eigenvalue weighted by Gasteiger charge is -2.23. The van der Waals surface area contributed by atoms with Gasteiger partial charge in [-0.15, -0.1) is 0 Å². The fraction of sp³-hybridized carbons (Fsp3) is 0.385. The highest BCUT2D eigenvalue weighted by atomic mass is 32.1. The summed E-state index contributed by atoms with van der Waals surface area (Å²) in [5.41, 5.74) is 1.63. The number of pyridine rings is 1. The Morgan fingerprint density at radius 2 is 2.06 bits per heavy atom. The zero-order valence-corrected chi connectivity index (χ0v) is 20.1. The van der Waals surface area contributed by atoms with Gasteiger partial charge in [-0.2, -0.15) is 4.37 Å². The number of rotatable bonds is 8. The van der Waals surface area contributed by atoms with E-state index < -0.39 is 11.7 Å². The molecule has 0 radical (unpaired) electrons. The number of likely N-dealkylation sites (tertiary alicyclic amines) is 1. The van der Waals surface area contributed by atoms with Gasteiger partial charge in [0.1, 0.15) is 23.4 Å². The minimum absolute atomic E-state index is 0.00244. The Morgan fingerprint density at radius 1 is 1.23 bits per heavy atom. The van der Waals surface area contributed by atoms with Crippen molar-refractivity contribution in [2.45, 2.75) is 44.8 Å². The highest BCUT2D eigenvalue weighted by Gasteiger charge is 2.31. The zero-order chi connectivity index (χ0) is 24.5. The average Bonchev–Trinajstić information content (AvgIpc) is 3.39. The molecule has 1 aliphatic heterocycles. The maximum Gasteiger partial charge on any atom is 0.257 e. The molecule has 2 fully saturated rings. The van der Waals surface area contributed by atoms with Gasteiger partial charge < -0.3 is 14.7 Å². The molecule has 3 aromatic rings. The van der Waals surface area contributed by atoms with Crippen LogP contribution in [0.2, 0.25) is 0 Å². The molecule has 182 valence electrons. The fourth-order valence-electron chi connectivity index (χ4n) is 4.33. The Bertz CT molecular complexity index is 1240. The van der Waals surface area contributed by atoms with Gasteiger partial charge in [-0.05, 0) is 74.5 Å². The van der Waals surface area contributed by atoms with Gasteiger partial charge in [-0.25, -0.2) is 9.37 Å². The van der Waals surface area contributed by atoms with E-state index in [-0.39, 0.29) is 36.0 Å². The molecular weight excluding hydrogens is 469 g/mol. The number of nitrogens with zero attached hydrogens (tertiary/aromatic N) is 3. The monoisotopic (exact) mass is 495 g/mol. The van der Waals surface area contributed by atoms with Gasteiger partial charge in [-0.3, -0.25) is 9.59 Å². The molecule has 1 amide bonds. The van der Waals surface area contributed by atoms with Crippen molar-refractivity contribution < 1.29 is 23.8 Å². The van der Waals surface area contributed by atoms with E-state index in [4.69, 9.17) is 4.74 Å². The van der Waals surface area contributed by atoms with Crippen LogP contribution in [0.3, 0.4) is 0 Å². The summed E-state index contributed by atoms with van der Waals surface area (Å²) in [7, 11) is 0. The van der Waals surface area contributed by atoms with Gasteiger partial charge in [0.15, 0.2) is 5.78 Å². The molecule has 1 aliphatic carbocycles. The lowest BCUT2D eigenvalue weighted by molar-refractivity contribution is 0.0673. The van der Waals surface area contributed by atoms with E-state index in [1.54, 1.807) is 29.3 Å². The van der Waals surface area contributed by atoms with E-state index in [1.165, 1.54) is 23.7 Å². The van der Waals surface area contributed by atoms with E-state index in [9.17, 15) is 19.1 Å². The zero-order valence-electron chi connectivity index (χ0n) is 19.3. The number of carbonyl (C=O) groups is 2. The van der Waals surface area contributed by atoms with Crippen molar-refractivity contribution in [1.29, 1.82) is 0 Å². The Morgan fingerprint density at radius 3 is 2.74 bits per heavy atom. The predicted octanol–water partition coefficient (Wildman–Crippen LogP) is 4.67. The van der Waals surface area contributed by atoms with Gasteiger partial charge in [-0.1, -0.05) is 6.07 Å². The third-order valence-electron chi connectivity index (χ3n) is 6.52. The van der Waals surface area contributed by atoms with Gasteiger partial charge in [0, 0.05) is 18.0 Å². The maximum absolute atomic E-state index is 14.9. The number of Topliss-reactive ketones (excluding diaryl/α,β-unsaturated/α-hetero) is 1. The van der Waals surface area contributed by atoms with Crippen LogP contribution in [0.4, 0.5) is 4.39 Å². The number of halogens is 1. The number of aromatic nitrogens is 2. The van der Waals surface area contributed by atoms with Crippen LogP contribution < -0.4 is 4.74 Å². The van der Waals surface area contributed by atoms with Gasteiger partial charge in [0.25, 0.3) is 5.91 Å². The summed E-state index contributed by atoms with van der Waals surface area (Å²) in [6.07, 6.45) is 4.65. The molecule has 2 atom stereocenters. The number of hydrogen-bond donors (Lipinski definition) is 1. The van der Waals surface area contributed by atoms with Gasteiger partial charge in [0.05, 0.1) is 35.0 Å². The molecule has 7 nitrogen and oxygen atoms in total. The number of aliphatic hydroxyl groups is 1. The van der Waals surface area contributed by atoms with Crippen LogP contribution in [0.15, 0.2) is 42.6 Å². The minimum Gasteiger partial charge on any atom is -0.484 e. The summed E-state index contributed by atoms with van der Waals surface area (Å²) in [6, 6.07) is 9.51. The van der Waals surface area contributed by atoms with Crippen LogP contribution >= 0.6 is 11.5 Å². The van der Waals surface area contributed by atoms with Crippen LogP contribution in [0.25, 0.3) is 11.3 Å². The van der Waals surface area contributed by atoms with Crippen molar-refractivity contribution in [3.05, 3.63) is 64.5 Å². The van der Waals surface area contributed by atoms with E-state index in [2.05, 4.69) is 9.36 Å². The first kappa shape index (κ1) is 23.6. The van der Waals surface area contributed by atoms with Crippen molar-refractivity contribution in [1.82, 2.24) is 14.3 Å². The molecule has 1 saturated carbocycles. The average molecular weight is 496 g/mol. The second-order valence-electron chi connectivity index (χ2n) is 9.06. The molecule has 1 N–H and O–H groups in total. The number of aliphatic hydroxyl groups excluding tert-OH is 1. The number of ether oxygens (including phenoxy) is 1. The number of amides is 1. The minimum atomic E-state index is -0.609. The highest BCUT2D eigenvalue weighted by Crippen LogP contribution is 2.33. The van der Waals surface area contributed by atoms with E-state index >= 15 is 0 Å². The van der Waals surface area contributed by atoms with E-state index in [1.807, 2.05) is 13.0 Å². The molecule has 35 heavy (non-hydrogen) atoms. The number of ketones is 1. The van der Waals surface area contributed by atoms with Crippen LogP contribution in [0.1, 0.15) is 64.4 Å². The first-order valence-electron chi connectivity index (χ1n) is 11.8. The molecule has 5 rings (SSSR count). The summed E-state index contributed by atoms with van der Waals surface area (Å²) in [5, 5.41) is 9.47. The molecular formula is C26H26FN3O4S. The molecule has 3 heterocycles. The van der Waals surface area contributed by atoms with E-state index in [0.29, 0.717) is 29.2 Å². The molecule has 2 aliphatic rings. The third kappa shape index (κ3) is 4.97. The van der Waals surface area contributed by atoms with Gasteiger partial charge >= 0.3 is 0 Å². The summed E-state index contributed by atoms with van der Waals surface area (Å²) in [4.78, 5) is 31.5. The summed E-state index contributed by atoms with van der Waals surface area (Å²) in [5.74, 6) is -0.243. The molecule has 0 unspecified atom stereocenters. The topological polar surface area (TPSA) is 92.6 Å². The van der Waals surface area contributed by atoms with Crippen molar-refractivity contribution in [2.24, 2.45) is 5.92 Å². The summed E-state index contributed by atoms with van der Waals surface area (Å²) >= 11 is 1.26. The van der Waals surface area contributed by atoms with Crippen LogP contribution in [-0.2, 0) is 0 Å². The summed E-state index contributed by atoms with van der Waals surface area (Å²) in [6.45, 7) is 2.29. The van der Waals surface area contributed by atoms with Crippen LogP contribution in [0, 0.1) is 11.7 Å². The third-order valence-corrected chi connectivity index (χ3v) is 7.47. The lowest BCUT2D eigenvalue weighted by Crippen LogP contribution is -2.38. The summed E-state index contributed by atoms with van der Waals surface area (Å²) < 4.78 is 25.3. The van der Waals surface area contributed by atoms with Crippen molar-refractivity contribution in [2.75, 3.05) is 13.2 Å².